The summed E-state index contributed by atoms with van der Waals surface area (Å²) in [7, 11) is 3.78. The molecule has 2 rings (SSSR count). The molecule has 1 aromatic rings. The van der Waals surface area contributed by atoms with Crippen molar-refractivity contribution in [3.8, 4) is 5.75 Å². The fourth-order valence-electron chi connectivity index (χ4n) is 2.23. The summed E-state index contributed by atoms with van der Waals surface area (Å²) in [6.07, 6.45) is 4.42. The number of para-hydroxylation sites is 1. The zero-order valence-electron chi connectivity index (χ0n) is 12.2. The molecular weight excluding hydrogens is 254 g/mol. The van der Waals surface area contributed by atoms with Gasteiger partial charge >= 0.3 is 0 Å². The summed E-state index contributed by atoms with van der Waals surface area (Å²) in [5, 5.41) is 0. The van der Waals surface area contributed by atoms with Crippen LogP contribution in [0.1, 0.15) is 5.56 Å². The predicted octanol–water partition coefficient (Wildman–Crippen LogP) is 2.06. The largest absolute Gasteiger partial charge is 0.496 e. The monoisotopic (exact) mass is 277 g/mol. The molecule has 0 amide bonds. The van der Waals surface area contributed by atoms with Gasteiger partial charge in [0.25, 0.3) is 0 Å². The lowest BCUT2D eigenvalue weighted by molar-refractivity contribution is -0.0950. The lowest BCUT2D eigenvalue weighted by Crippen LogP contribution is -2.38. The fraction of sp³-hybridized carbons (Fsp3) is 0.500. The van der Waals surface area contributed by atoms with Gasteiger partial charge in [-0.25, -0.2) is 0 Å². The third-order valence-electron chi connectivity index (χ3n) is 3.25. The highest BCUT2D eigenvalue weighted by atomic mass is 16.6. The van der Waals surface area contributed by atoms with Gasteiger partial charge in [0.1, 0.15) is 5.75 Å². The van der Waals surface area contributed by atoms with Gasteiger partial charge in [-0.15, -0.1) is 0 Å². The smallest absolute Gasteiger partial charge is 0.126 e. The van der Waals surface area contributed by atoms with Gasteiger partial charge in [-0.05, 0) is 13.1 Å². The van der Waals surface area contributed by atoms with Crippen molar-refractivity contribution in [2.45, 2.75) is 6.10 Å². The van der Waals surface area contributed by atoms with Crippen LogP contribution in [0.5, 0.6) is 5.75 Å². The molecule has 0 spiro atoms. The molecule has 1 aliphatic rings. The van der Waals surface area contributed by atoms with Gasteiger partial charge < -0.3 is 19.1 Å². The second kappa shape index (κ2) is 8.04. The first-order valence-corrected chi connectivity index (χ1v) is 6.97. The quantitative estimate of drug-likeness (QED) is 0.796. The van der Waals surface area contributed by atoms with Crippen LogP contribution in [0.15, 0.2) is 30.3 Å². The molecule has 4 nitrogen and oxygen atoms in total. The van der Waals surface area contributed by atoms with Gasteiger partial charge in [-0.1, -0.05) is 30.4 Å². The highest BCUT2D eigenvalue weighted by molar-refractivity contribution is 5.57. The van der Waals surface area contributed by atoms with Gasteiger partial charge in [0.2, 0.25) is 0 Å². The van der Waals surface area contributed by atoms with Crippen LogP contribution < -0.4 is 4.74 Å². The molecule has 0 saturated carbocycles. The Labute approximate surface area is 120 Å². The van der Waals surface area contributed by atoms with Crippen molar-refractivity contribution < 1.29 is 14.2 Å². The summed E-state index contributed by atoms with van der Waals surface area (Å²) in [6.45, 7) is 3.87. The van der Waals surface area contributed by atoms with Gasteiger partial charge in [0.15, 0.2) is 0 Å². The third kappa shape index (κ3) is 4.63. The molecule has 0 bridgehead atoms. The normalized spacial score (nSPS) is 19.6. The van der Waals surface area contributed by atoms with Crippen molar-refractivity contribution in [2.24, 2.45) is 0 Å². The Bertz CT molecular complexity index is 427. The van der Waals surface area contributed by atoms with Crippen LogP contribution >= 0.6 is 0 Å². The standard InChI is InChI=1S/C16H23NO3/c1-17(12-15-13-19-10-11-20-15)9-5-7-14-6-3-4-8-16(14)18-2/h3-8,15H,9-13H2,1-2H3/b7-5+. The van der Waals surface area contributed by atoms with Crippen LogP contribution in [-0.2, 0) is 9.47 Å². The maximum Gasteiger partial charge on any atom is 0.126 e. The molecule has 1 aromatic carbocycles. The molecule has 1 atom stereocenters. The molecule has 1 heterocycles. The van der Waals surface area contributed by atoms with E-state index in [2.05, 4.69) is 24.1 Å². The van der Waals surface area contributed by atoms with Gasteiger partial charge in [0.05, 0.1) is 33.0 Å². The fourth-order valence-corrected chi connectivity index (χ4v) is 2.23. The average molecular weight is 277 g/mol. The zero-order valence-corrected chi connectivity index (χ0v) is 12.2. The highest BCUT2D eigenvalue weighted by Crippen LogP contribution is 2.18. The number of likely N-dealkylation sites (N-methyl/N-ethyl adjacent to an activating group) is 1. The molecule has 1 aliphatic heterocycles. The number of rotatable bonds is 6. The number of hydrogen-bond donors (Lipinski definition) is 0. The summed E-state index contributed by atoms with van der Waals surface area (Å²) in [5.74, 6) is 0.899. The van der Waals surface area contributed by atoms with E-state index in [0.717, 1.165) is 24.4 Å². The minimum absolute atomic E-state index is 0.188. The van der Waals surface area contributed by atoms with E-state index in [1.54, 1.807) is 7.11 Å². The van der Waals surface area contributed by atoms with E-state index in [-0.39, 0.29) is 6.10 Å². The Morgan fingerprint density at radius 1 is 1.35 bits per heavy atom. The Morgan fingerprint density at radius 2 is 2.20 bits per heavy atom. The first-order valence-electron chi connectivity index (χ1n) is 6.97. The van der Waals surface area contributed by atoms with E-state index >= 15 is 0 Å². The van der Waals surface area contributed by atoms with Crippen LogP contribution in [0.3, 0.4) is 0 Å². The van der Waals surface area contributed by atoms with E-state index in [9.17, 15) is 0 Å². The number of nitrogens with zero attached hydrogens (tertiary/aromatic N) is 1. The summed E-state index contributed by atoms with van der Waals surface area (Å²) in [5.41, 5.74) is 1.10. The number of methoxy groups -OCH3 is 1. The van der Waals surface area contributed by atoms with Crippen molar-refractivity contribution in [3.63, 3.8) is 0 Å². The maximum absolute atomic E-state index is 5.64. The number of ether oxygens (including phenoxy) is 3. The Kier molecular flexibility index (Phi) is 6.05. The van der Waals surface area contributed by atoms with Crippen LogP contribution in [0.25, 0.3) is 6.08 Å². The molecule has 0 N–H and O–H groups in total. The van der Waals surface area contributed by atoms with Crippen molar-refractivity contribution in [2.75, 3.05) is 47.1 Å². The van der Waals surface area contributed by atoms with Gasteiger partial charge in [0, 0.05) is 18.7 Å². The molecule has 110 valence electrons. The first-order chi connectivity index (χ1) is 9.79. The van der Waals surface area contributed by atoms with E-state index in [1.165, 1.54) is 0 Å². The molecule has 0 radical (unpaired) electrons. The molecule has 1 saturated heterocycles. The lowest BCUT2D eigenvalue weighted by atomic mass is 10.2. The third-order valence-corrected chi connectivity index (χ3v) is 3.25. The van der Waals surface area contributed by atoms with E-state index in [0.29, 0.717) is 19.8 Å². The van der Waals surface area contributed by atoms with Crippen molar-refractivity contribution >= 4 is 6.08 Å². The Balaban J connectivity index is 1.79. The zero-order chi connectivity index (χ0) is 14.2. The van der Waals surface area contributed by atoms with Crippen LogP contribution in [0.2, 0.25) is 0 Å². The minimum Gasteiger partial charge on any atom is -0.496 e. The molecule has 0 aliphatic carbocycles. The summed E-state index contributed by atoms with van der Waals surface area (Å²) in [4.78, 5) is 2.23. The molecule has 20 heavy (non-hydrogen) atoms. The topological polar surface area (TPSA) is 30.9 Å². The van der Waals surface area contributed by atoms with Crippen LogP contribution in [-0.4, -0.2) is 58.1 Å². The lowest BCUT2D eigenvalue weighted by Gasteiger charge is -2.26. The molecule has 1 fully saturated rings. The van der Waals surface area contributed by atoms with Crippen LogP contribution in [0.4, 0.5) is 0 Å². The van der Waals surface area contributed by atoms with E-state index in [1.807, 2.05) is 24.3 Å². The highest BCUT2D eigenvalue weighted by Gasteiger charge is 2.15. The molecular formula is C16H23NO3. The second-order valence-corrected chi connectivity index (χ2v) is 4.93. The summed E-state index contributed by atoms with van der Waals surface area (Å²) >= 11 is 0. The van der Waals surface area contributed by atoms with Crippen LogP contribution in [0, 0.1) is 0 Å². The first kappa shape index (κ1) is 15.0. The summed E-state index contributed by atoms with van der Waals surface area (Å²) in [6, 6.07) is 8.01. The van der Waals surface area contributed by atoms with Gasteiger partial charge in [-0.3, -0.25) is 0 Å². The average Bonchev–Trinajstić information content (AvgIpc) is 2.49. The maximum atomic E-state index is 5.64. The SMILES string of the molecule is COc1ccccc1/C=C/CN(C)CC1COCCO1. The second-order valence-electron chi connectivity index (χ2n) is 4.93. The van der Waals surface area contributed by atoms with Crippen molar-refractivity contribution in [1.82, 2.24) is 4.90 Å². The minimum atomic E-state index is 0.188. The van der Waals surface area contributed by atoms with Crippen molar-refractivity contribution in [1.29, 1.82) is 0 Å². The molecule has 4 heteroatoms. The number of hydrogen-bond acceptors (Lipinski definition) is 4. The summed E-state index contributed by atoms with van der Waals surface area (Å²) < 4.78 is 16.4. The number of benzene rings is 1. The van der Waals surface area contributed by atoms with Crippen molar-refractivity contribution in [3.05, 3.63) is 35.9 Å². The predicted molar refractivity (Wildman–Crippen MR) is 80.1 cm³/mol. The molecule has 1 unspecified atom stereocenters. The molecule has 0 aromatic heterocycles. The Hall–Kier alpha value is -1.36. The van der Waals surface area contributed by atoms with E-state index in [4.69, 9.17) is 14.2 Å². The van der Waals surface area contributed by atoms with Gasteiger partial charge in [-0.2, -0.15) is 0 Å². The van der Waals surface area contributed by atoms with E-state index < -0.39 is 0 Å². The Morgan fingerprint density at radius 3 is 2.95 bits per heavy atom.